The van der Waals surface area contributed by atoms with E-state index in [0.29, 0.717) is 6.54 Å². The van der Waals surface area contributed by atoms with E-state index in [1.807, 2.05) is 32.0 Å². The molecule has 0 amide bonds. The van der Waals surface area contributed by atoms with E-state index < -0.39 is 0 Å². The molecule has 1 nitrogen and oxygen atoms in total. The molecule has 0 atom stereocenters. The molecule has 3 heteroatoms. The van der Waals surface area contributed by atoms with Gasteiger partial charge >= 0.3 is 0 Å². The Bertz CT molecular complexity index is 393. The quantitative estimate of drug-likeness (QED) is 0.837. The highest BCUT2D eigenvalue weighted by molar-refractivity contribution is 9.10. The normalized spacial score (nSPS) is 11.1. The molecule has 1 rings (SSSR count). The lowest BCUT2D eigenvalue weighted by Gasteiger charge is -2.20. The minimum absolute atomic E-state index is 0.304. The molecule has 0 saturated heterocycles. The van der Waals surface area contributed by atoms with Gasteiger partial charge in [-0.15, -0.1) is 6.42 Å². The largest absolute Gasteiger partial charge is 0.297 e. The molecule has 0 aromatic heterocycles. The van der Waals surface area contributed by atoms with Gasteiger partial charge in [0, 0.05) is 16.0 Å². The Kier molecular flexibility index (Phi) is 4.21. The summed E-state index contributed by atoms with van der Waals surface area (Å²) in [5.74, 6) is 2.69. The summed E-state index contributed by atoms with van der Waals surface area (Å²) in [6.45, 7) is 4.62. The topological polar surface area (TPSA) is 12.0 Å². The molecular formula is C12H13BrClN. The van der Waals surface area contributed by atoms with Crippen molar-refractivity contribution >= 4 is 27.5 Å². The van der Waals surface area contributed by atoms with Crippen LogP contribution in [0.5, 0.6) is 0 Å². The molecule has 0 aliphatic rings. The van der Waals surface area contributed by atoms with Crippen LogP contribution in [-0.2, 0) is 6.54 Å². The van der Waals surface area contributed by atoms with E-state index in [1.54, 1.807) is 0 Å². The van der Waals surface area contributed by atoms with E-state index in [4.69, 9.17) is 18.0 Å². The molecule has 0 bridgehead atoms. The third-order valence-corrected chi connectivity index (χ3v) is 3.10. The van der Waals surface area contributed by atoms with Gasteiger partial charge < -0.3 is 0 Å². The smallest absolute Gasteiger partial charge is 0.0743 e. The molecular weight excluding hydrogens is 273 g/mol. The highest BCUT2D eigenvalue weighted by atomic mass is 79.9. The van der Waals surface area contributed by atoms with Crippen LogP contribution in [0.15, 0.2) is 22.7 Å². The second-order valence-corrected chi connectivity index (χ2v) is 5.15. The number of benzene rings is 1. The van der Waals surface area contributed by atoms with Crippen LogP contribution in [0, 0.1) is 12.3 Å². The molecule has 80 valence electrons. The van der Waals surface area contributed by atoms with E-state index in [1.165, 1.54) is 0 Å². The second kappa shape index (κ2) is 5.03. The lowest BCUT2D eigenvalue weighted by molar-refractivity contribution is 0.490. The van der Waals surface area contributed by atoms with Crippen molar-refractivity contribution in [2.45, 2.75) is 25.9 Å². The van der Waals surface area contributed by atoms with Gasteiger partial charge in [-0.05, 0) is 37.6 Å². The Hall–Kier alpha value is -0.490. The highest BCUT2D eigenvalue weighted by Gasteiger charge is 2.13. The summed E-state index contributed by atoms with van der Waals surface area (Å²) in [4.78, 5) is 0. The Labute approximate surface area is 104 Å². The van der Waals surface area contributed by atoms with E-state index in [9.17, 15) is 0 Å². The van der Waals surface area contributed by atoms with Crippen molar-refractivity contribution in [2.75, 3.05) is 0 Å². The summed E-state index contributed by atoms with van der Waals surface area (Å²) in [6, 6.07) is 5.70. The summed E-state index contributed by atoms with van der Waals surface area (Å²) in [7, 11) is 0. The average molecular weight is 287 g/mol. The number of nitrogens with one attached hydrogen (secondary N) is 1. The van der Waals surface area contributed by atoms with Crippen molar-refractivity contribution in [2.24, 2.45) is 0 Å². The lowest BCUT2D eigenvalue weighted by atomic mass is 10.1. The number of halogens is 2. The molecule has 0 saturated carbocycles. The fourth-order valence-electron chi connectivity index (χ4n) is 1.05. The standard InChI is InChI=1S/C12H13BrClN/c1-4-12(2,3)15-8-9-7-10(14)5-6-11(9)13/h1,5-7,15H,8H2,2-3H3. The van der Waals surface area contributed by atoms with Gasteiger partial charge in [0.25, 0.3) is 0 Å². The van der Waals surface area contributed by atoms with Gasteiger partial charge in [0.1, 0.15) is 0 Å². The maximum atomic E-state index is 5.91. The average Bonchev–Trinajstić information content (AvgIpc) is 2.20. The van der Waals surface area contributed by atoms with Gasteiger partial charge in [0.15, 0.2) is 0 Å². The fraction of sp³-hybridized carbons (Fsp3) is 0.333. The molecule has 0 aliphatic heterocycles. The summed E-state index contributed by atoms with van der Waals surface area (Å²) in [6.07, 6.45) is 5.39. The summed E-state index contributed by atoms with van der Waals surface area (Å²) in [5.41, 5.74) is 0.799. The first kappa shape index (κ1) is 12.6. The van der Waals surface area contributed by atoms with Crippen LogP contribution in [0.25, 0.3) is 0 Å². The van der Waals surface area contributed by atoms with Crippen molar-refractivity contribution in [1.82, 2.24) is 5.32 Å². The Morgan fingerprint density at radius 3 is 2.80 bits per heavy atom. The minimum Gasteiger partial charge on any atom is -0.297 e. The molecule has 0 spiro atoms. The van der Waals surface area contributed by atoms with E-state index >= 15 is 0 Å². The predicted octanol–water partition coefficient (Wildman–Crippen LogP) is 3.60. The van der Waals surface area contributed by atoms with Crippen LogP contribution in [0.3, 0.4) is 0 Å². The van der Waals surface area contributed by atoms with Gasteiger partial charge in [0.05, 0.1) is 5.54 Å². The van der Waals surface area contributed by atoms with Crippen molar-refractivity contribution in [3.8, 4) is 12.3 Å². The van der Waals surface area contributed by atoms with E-state index in [0.717, 1.165) is 15.1 Å². The zero-order valence-electron chi connectivity index (χ0n) is 8.77. The molecule has 0 unspecified atom stereocenters. The number of hydrogen-bond acceptors (Lipinski definition) is 1. The minimum atomic E-state index is -0.304. The summed E-state index contributed by atoms with van der Waals surface area (Å²) < 4.78 is 1.03. The molecule has 0 heterocycles. The Morgan fingerprint density at radius 2 is 2.20 bits per heavy atom. The third-order valence-electron chi connectivity index (χ3n) is 2.09. The van der Waals surface area contributed by atoms with Crippen LogP contribution in [0.1, 0.15) is 19.4 Å². The predicted molar refractivity (Wildman–Crippen MR) is 68.9 cm³/mol. The number of rotatable bonds is 3. The SMILES string of the molecule is C#CC(C)(C)NCc1cc(Cl)ccc1Br. The second-order valence-electron chi connectivity index (χ2n) is 3.86. The molecule has 1 N–H and O–H groups in total. The maximum Gasteiger partial charge on any atom is 0.0743 e. The monoisotopic (exact) mass is 285 g/mol. The van der Waals surface area contributed by atoms with Gasteiger partial charge in [-0.3, -0.25) is 5.32 Å². The van der Waals surface area contributed by atoms with Crippen LogP contribution in [0.4, 0.5) is 0 Å². The van der Waals surface area contributed by atoms with Crippen LogP contribution >= 0.6 is 27.5 Å². The van der Waals surface area contributed by atoms with Gasteiger partial charge in [-0.1, -0.05) is 33.5 Å². The van der Waals surface area contributed by atoms with Crippen molar-refractivity contribution in [3.63, 3.8) is 0 Å². The first-order valence-electron chi connectivity index (χ1n) is 4.61. The van der Waals surface area contributed by atoms with Gasteiger partial charge in [-0.2, -0.15) is 0 Å². The van der Waals surface area contributed by atoms with Gasteiger partial charge in [0.2, 0.25) is 0 Å². The van der Waals surface area contributed by atoms with E-state index in [2.05, 4.69) is 27.2 Å². The Balaban J connectivity index is 2.74. The Morgan fingerprint density at radius 1 is 1.53 bits per heavy atom. The molecule has 0 aliphatic carbocycles. The van der Waals surface area contributed by atoms with Crippen molar-refractivity contribution in [3.05, 3.63) is 33.3 Å². The maximum absolute atomic E-state index is 5.91. The van der Waals surface area contributed by atoms with Crippen molar-refractivity contribution < 1.29 is 0 Å². The van der Waals surface area contributed by atoms with Crippen LogP contribution < -0.4 is 5.32 Å². The highest BCUT2D eigenvalue weighted by Crippen LogP contribution is 2.21. The zero-order chi connectivity index (χ0) is 11.5. The molecule has 0 fully saturated rings. The number of hydrogen-bond donors (Lipinski definition) is 1. The van der Waals surface area contributed by atoms with Gasteiger partial charge in [-0.25, -0.2) is 0 Å². The van der Waals surface area contributed by atoms with Crippen LogP contribution in [0.2, 0.25) is 5.02 Å². The molecule has 1 aromatic rings. The molecule has 0 radical (unpaired) electrons. The summed E-state index contributed by atoms with van der Waals surface area (Å²) in [5, 5.41) is 4.00. The molecule has 1 aromatic carbocycles. The first-order chi connectivity index (χ1) is 6.94. The third kappa shape index (κ3) is 3.87. The molecule has 15 heavy (non-hydrogen) atoms. The fourth-order valence-corrected chi connectivity index (χ4v) is 1.63. The zero-order valence-corrected chi connectivity index (χ0v) is 11.1. The van der Waals surface area contributed by atoms with Crippen molar-refractivity contribution in [1.29, 1.82) is 0 Å². The van der Waals surface area contributed by atoms with Crippen LogP contribution in [-0.4, -0.2) is 5.54 Å². The summed E-state index contributed by atoms with van der Waals surface area (Å²) >= 11 is 9.38. The lowest BCUT2D eigenvalue weighted by Crippen LogP contribution is -2.36. The number of terminal acetylenes is 1. The van der Waals surface area contributed by atoms with E-state index in [-0.39, 0.29) is 5.54 Å². The first-order valence-corrected chi connectivity index (χ1v) is 5.78.